The fourth-order valence-corrected chi connectivity index (χ4v) is 1.36. The molecule has 0 saturated heterocycles. The highest BCUT2D eigenvalue weighted by Gasteiger charge is 1.97. The van der Waals surface area contributed by atoms with Crippen molar-refractivity contribution in [2.45, 2.75) is 26.2 Å². The van der Waals surface area contributed by atoms with Gasteiger partial charge in [-0.2, -0.15) is 0 Å². The first kappa shape index (κ1) is 11.5. The topological polar surface area (TPSA) is 37.3 Å². The Labute approximate surface area is 90.3 Å². The van der Waals surface area contributed by atoms with E-state index >= 15 is 0 Å². The first-order valence-electron chi connectivity index (χ1n) is 5.14. The average molecular weight is 204 g/mol. The molecule has 0 amide bonds. The van der Waals surface area contributed by atoms with Gasteiger partial charge in [0.1, 0.15) is 0 Å². The second kappa shape index (κ2) is 6.02. The number of aliphatic carboxylic acids is 1. The van der Waals surface area contributed by atoms with Gasteiger partial charge in [0.15, 0.2) is 0 Å². The molecular weight excluding hydrogens is 188 g/mol. The molecule has 0 heterocycles. The normalized spacial score (nSPS) is 11.4. The van der Waals surface area contributed by atoms with Gasteiger partial charge >= 0.3 is 5.97 Å². The second-order valence-corrected chi connectivity index (χ2v) is 3.57. The van der Waals surface area contributed by atoms with Crippen LogP contribution in [0.3, 0.4) is 0 Å². The lowest BCUT2D eigenvalue weighted by Crippen LogP contribution is -1.95. The molecule has 0 aliphatic carbocycles. The molecule has 0 spiro atoms. The number of carboxylic acids is 1. The van der Waals surface area contributed by atoms with Gasteiger partial charge in [0.25, 0.3) is 0 Å². The summed E-state index contributed by atoms with van der Waals surface area (Å²) in [5.41, 5.74) is 1.74. The molecular formula is C13H16O2. The van der Waals surface area contributed by atoms with Crippen LogP contribution in [0.5, 0.6) is 0 Å². The zero-order valence-electron chi connectivity index (χ0n) is 8.94. The molecule has 1 aromatic rings. The maximum absolute atomic E-state index is 10.5. The minimum Gasteiger partial charge on any atom is -0.478 e. The summed E-state index contributed by atoms with van der Waals surface area (Å²) in [6.07, 6.45) is 4.61. The molecule has 0 aliphatic heterocycles. The summed E-state index contributed by atoms with van der Waals surface area (Å²) in [5, 5.41) is 8.63. The second-order valence-electron chi connectivity index (χ2n) is 3.57. The fraction of sp³-hybridized carbons (Fsp3) is 0.308. The van der Waals surface area contributed by atoms with Crippen molar-refractivity contribution in [1.82, 2.24) is 0 Å². The van der Waals surface area contributed by atoms with E-state index in [-0.39, 0.29) is 0 Å². The highest BCUT2D eigenvalue weighted by Crippen LogP contribution is 2.06. The van der Waals surface area contributed by atoms with Crippen LogP contribution in [-0.2, 0) is 11.2 Å². The lowest BCUT2D eigenvalue weighted by Gasteiger charge is -1.98. The molecule has 0 saturated carbocycles. The number of carbonyl (C=O) groups is 1. The average Bonchev–Trinajstić information content (AvgIpc) is 2.25. The van der Waals surface area contributed by atoms with Crippen molar-refractivity contribution in [3.8, 4) is 0 Å². The van der Waals surface area contributed by atoms with Crippen LogP contribution in [-0.4, -0.2) is 11.1 Å². The number of benzene rings is 1. The van der Waals surface area contributed by atoms with E-state index in [0.717, 1.165) is 19.3 Å². The molecule has 2 nitrogen and oxygen atoms in total. The van der Waals surface area contributed by atoms with Gasteiger partial charge in [-0.05, 0) is 31.7 Å². The third-order valence-electron chi connectivity index (χ3n) is 2.30. The molecule has 0 aliphatic rings. The Morgan fingerprint density at radius 3 is 2.60 bits per heavy atom. The van der Waals surface area contributed by atoms with E-state index in [1.165, 1.54) is 5.56 Å². The van der Waals surface area contributed by atoms with Gasteiger partial charge in [-0.25, -0.2) is 4.79 Å². The lowest BCUT2D eigenvalue weighted by molar-refractivity contribution is -0.132. The van der Waals surface area contributed by atoms with Crippen LogP contribution in [0.25, 0.3) is 0 Å². The molecule has 80 valence electrons. The largest absolute Gasteiger partial charge is 0.478 e. The standard InChI is InChI=1S/C13H16O2/c1-11(13(14)15)7-5-6-10-12-8-3-2-4-9-12/h2-4,7-9H,5-6,10H2,1H3,(H,14,15)/b11-7+. The van der Waals surface area contributed by atoms with E-state index in [9.17, 15) is 4.79 Å². The maximum atomic E-state index is 10.5. The minimum atomic E-state index is -0.824. The Kier molecular flexibility index (Phi) is 4.61. The van der Waals surface area contributed by atoms with Gasteiger partial charge in [0.2, 0.25) is 0 Å². The number of allylic oxidation sites excluding steroid dienone is 1. The maximum Gasteiger partial charge on any atom is 0.330 e. The Balaban J connectivity index is 2.29. The minimum absolute atomic E-state index is 0.433. The number of carboxylic acid groups (broad SMARTS) is 1. The predicted molar refractivity (Wildman–Crippen MR) is 60.8 cm³/mol. The van der Waals surface area contributed by atoms with Gasteiger partial charge < -0.3 is 5.11 Å². The zero-order valence-corrected chi connectivity index (χ0v) is 8.94. The first-order chi connectivity index (χ1) is 7.20. The van der Waals surface area contributed by atoms with Crippen LogP contribution in [0.4, 0.5) is 0 Å². The fourth-order valence-electron chi connectivity index (χ4n) is 1.36. The van der Waals surface area contributed by atoms with Crippen LogP contribution in [0.15, 0.2) is 42.0 Å². The molecule has 0 aromatic heterocycles. The quantitative estimate of drug-likeness (QED) is 0.591. The summed E-state index contributed by atoms with van der Waals surface area (Å²) in [6.45, 7) is 1.63. The Morgan fingerprint density at radius 1 is 1.33 bits per heavy atom. The van der Waals surface area contributed by atoms with Gasteiger partial charge in [-0.1, -0.05) is 36.4 Å². The third-order valence-corrected chi connectivity index (χ3v) is 2.30. The van der Waals surface area contributed by atoms with Crippen molar-refractivity contribution < 1.29 is 9.90 Å². The number of hydrogen-bond acceptors (Lipinski definition) is 1. The Bertz CT molecular complexity index is 339. The number of rotatable bonds is 5. The van der Waals surface area contributed by atoms with E-state index in [2.05, 4.69) is 12.1 Å². The Hall–Kier alpha value is -1.57. The van der Waals surface area contributed by atoms with E-state index < -0.39 is 5.97 Å². The molecule has 0 unspecified atom stereocenters. The molecule has 1 N–H and O–H groups in total. The van der Waals surface area contributed by atoms with Crippen LogP contribution in [0.1, 0.15) is 25.3 Å². The van der Waals surface area contributed by atoms with E-state index in [1.54, 1.807) is 13.0 Å². The van der Waals surface area contributed by atoms with Crippen molar-refractivity contribution in [3.63, 3.8) is 0 Å². The molecule has 0 bridgehead atoms. The summed E-state index contributed by atoms with van der Waals surface area (Å²) >= 11 is 0. The molecule has 0 fully saturated rings. The highest BCUT2D eigenvalue weighted by atomic mass is 16.4. The number of unbranched alkanes of at least 4 members (excludes halogenated alkanes) is 1. The SMILES string of the molecule is C/C(=C\CCCc1ccccc1)C(=O)O. The summed E-state index contributed by atoms with van der Waals surface area (Å²) in [4.78, 5) is 10.5. The summed E-state index contributed by atoms with van der Waals surface area (Å²) in [7, 11) is 0. The summed E-state index contributed by atoms with van der Waals surface area (Å²) in [6, 6.07) is 10.2. The molecule has 1 aromatic carbocycles. The van der Waals surface area contributed by atoms with Crippen molar-refractivity contribution >= 4 is 5.97 Å². The monoisotopic (exact) mass is 204 g/mol. The lowest BCUT2D eigenvalue weighted by atomic mass is 10.1. The first-order valence-corrected chi connectivity index (χ1v) is 5.14. The van der Waals surface area contributed by atoms with Gasteiger partial charge in [-0.15, -0.1) is 0 Å². The van der Waals surface area contributed by atoms with E-state index in [0.29, 0.717) is 5.57 Å². The molecule has 0 atom stereocenters. The van der Waals surface area contributed by atoms with Gasteiger partial charge in [0, 0.05) is 5.57 Å². The van der Waals surface area contributed by atoms with Crippen LogP contribution in [0, 0.1) is 0 Å². The molecule has 15 heavy (non-hydrogen) atoms. The predicted octanol–water partition coefficient (Wildman–Crippen LogP) is 3.04. The van der Waals surface area contributed by atoms with Crippen LogP contribution >= 0.6 is 0 Å². The summed E-state index contributed by atoms with van der Waals surface area (Å²) in [5.74, 6) is -0.824. The van der Waals surface area contributed by atoms with Crippen molar-refractivity contribution in [1.29, 1.82) is 0 Å². The Morgan fingerprint density at radius 2 is 2.00 bits per heavy atom. The molecule has 2 heteroatoms. The van der Waals surface area contributed by atoms with Gasteiger partial charge in [0.05, 0.1) is 0 Å². The van der Waals surface area contributed by atoms with E-state index in [4.69, 9.17) is 5.11 Å². The van der Waals surface area contributed by atoms with Gasteiger partial charge in [-0.3, -0.25) is 0 Å². The van der Waals surface area contributed by atoms with Crippen molar-refractivity contribution in [2.75, 3.05) is 0 Å². The van der Waals surface area contributed by atoms with Crippen LogP contribution < -0.4 is 0 Å². The molecule has 0 radical (unpaired) electrons. The zero-order chi connectivity index (χ0) is 11.1. The third kappa shape index (κ3) is 4.45. The molecule has 1 rings (SSSR count). The highest BCUT2D eigenvalue weighted by molar-refractivity contribution is 5.85. The van der Waals surface area contributed by atoms with E-state index in [1.807, 2.05) is 18.2 Å². The number of aryl methyl sites for hydroxylation is 1. The van der Waals surface area contributed by atoms with Crippen molar-refractivity contribution in [2.24, 2.45) is 0 Å². The van der Waals surface area contributed by atoms with Crippen LogP contribution in [0.2, 0.25) is 0 Å². The smallest absolute Gasteiger partial charge is 0.330 e. The number of hydrogen-bond donors (Lipinski definition) is 1. The summed E-state index contributed by atoms with van der Waals surface area (Å²) < 4.78 is 0. The van der Waals surface area contributed by atoms with Crippen molar-refractivity contribution in [3.05, 3.63) is 47.5 Å².